The maximum Gasteiger partial charge on any atom is 0.146 e. The van der Waals surface area contributed by atoms with Gasteiger partial charge in [-0.15, -0.1) is 0 Å². The van der Waals surface area contributed by atoms with Crippen LogP contribution >= 0.6 is 0 Å². The van der Waals surface area contributed by atoms with Gasteiger partial charge in [0, 0.05) is 6.54 Å². The first kappa shape index (κ1) is 13.5. The molecule has 0 saturated carbocycles. The van der Waals surface area contributed by atoms with Crippen molar-refractivity contribution in [3.63, 3.8) is 0 Å². The average molecular weight is 232 g/mol. The Kier molecular flexibility index (Phi) is 5.27. The summed E-state index contributed by atoms with van der Waals surface area (Å²) in [5.41, 5.74) is 0. The molecule has 6 heteroatoms. The lowest BCUT2D eigenvalue weighted by molar-refractivity contribution is -0.0793. The molecule has 0 aromatic rings. The molecular formula is C10H20N2O4. The second-order valence-electron chi connectivity index (χ2n) is 4.25. The summed E-state index contributed by atoms with van der Waals surface area (Å²) < 4.78 is 0. The summed E-state index contributed by atoms with van der Waals surface area (Å²) in [6, 6.07) is -1.53. The summed E-state index contributed by atoms with van der Waals surface area (Å²) in [5, 5.41) is 31.4. The molecule has 1 saturated heterocycles. The Morgan fingerprint density at radius 2 is 2.12 bits per heavy atom. The molecule has 4 unspecified atom stereocenters. The minimum absolute atomic E-state index is 0.233. The number of piperidine rings is 1. The lowest BCUT2D eigenvalue weighted by atomic mass is 9.92. The molecule has 0 aromatic carbocycles. The van der Waals surface area contributed by atoms with Crippen LogP contribution in [0, 0.1) is 4.91 Å². The SMILES string of the molecule is CCCCN1CC(O)C(N=O)C(O)C1CO. The van der Waals surface area contributed by atoms with E-state index in [9.17, 15) is 20.2 Å². The van der Waals surface area contributed by atoms with Crippen molar-refractivity contribution in [1.82, 2.24) is 4.90 Å². The number of likely N-dealkylation sites (tertiary alicyclic amines) is 1. The summed E-state index contributed by atoms with van der Waals surface area (Å²) in [4.78, 5) is 12.3. The van der Waals surface area contributed by atoms with Crippen molar-refractivity contribution in [2.75, 3.05) is 19.7 Å². The van der Waals surface area contributed by atoms with Gasteiger partial charge in [-0.1, -0.05) is 18.5 Å². The Morgan fingerprint density at radius 3 is 2.62 bits per heavy atom. The van der Waals surface area contributed by atoms with E-state index in [-0.39, 0.29) is 13.2 Å². The molecule has 1 aliphatic rings. The van der Waals surface area contributed by atoms with Crippen LogP contribution in [0.3, 0.4) is 0 Å². The molecule has 0 spiro atoms. The van der Waals surface area contributed by atoms with Gasteiger partial charge >= 0.3 is 0 Å². The predicted molar refractivity (Wildman–Crippen MR) is 59.0 cm³/mol. The number of nitrogens with zero attached hydrogens (tertiary/aromatic N) is 2. The number of β-amino-alcohol motifs (C(OH)–C–C–N with tert-alkyl or cyclic N) is 1. The topological polar surface area (TPSA) is 93.4 Å². The molecule has 1 fully saturated rings. The van der Waals surface area contributed by atoms with Crippen molar-refractivity contribution in [2.24, 2.45) is 5.18 Å². The number of unbranched alkanes of at least 4 members (excludes halogenated alkanes) is 1. The Bertz CT molecular complexity index is 227. The van der Waals surface area contributed by atoms with E-state index in [1.807, 2.05) is 11.8 Å². The Hall–Kier alpha value is -0.560. The number of hydrogen-bond acceptors (Lipinski definition) is 6. The van der Waals surface area contributed by atoms with Crippen LogP contribution in [0.5, 0.6) is 0 Å². The minimum Gasteiger partial charge on any atom is -0.395 e. The third-order valence-electron chi connectivity index (χ3n) is 3.14. The highest BCUT2D eigenvalue weighted by Crippen LogP contribution is 2.21. The molecule has 94 valence electrons. The molecule has 1 heterocycles. The van der Waals surface area contributed by atoms with Crippen molar-refractivity contribution < 1.29 is 15.3 Å². The van der Waals surface area contributed by atoms with E-state index in [1.165, 1.54) is 0 Å². The number of aliphatic hydroxyl groups excluding tert-OH is 3. The Morgan fingerprint density at radius 1 is 1.44 bits per heavy atom. The van der Waals surface area contributed by atoms with Crippen molar-refractivity contribution in [1.29, 1.82) is 0 Å². The maximum atomic E-state index is 10.5. The van der Waals surface area contributed by atoms with E-state index in [4.69, 9.17) is 0 Å². The van der Waals surface area contributed by atoms with Crippen LogP contribution in [0.4, 0.5) is 0 Å². The minimum atomic E-state index is -1.09. The third kappa shape index (κ3) is 2.76. The fourth-order valence-electron chi connectivity index (χ4n) is 2.13. The summed E-state index contributed by atoms with van der Waals surface area (Å²) >= 11 is 0. The smallest absolute Gasteiger partial charge is 0.146 e. The molecule has 1 rings (SSSR count). The van der Waals surface area contributed by atoms with Crippen LogP contribution in [0.2, 0.25) is 0 Å². The number of aliphatic hydroxyl groups is 3. The molecule has 0 aliphatic carbocycles. The van der Waals surface area contributed by atoms with Gasteiger partial charge in [-0.3, -0.25) is 4.90 Å². The summed E-state index contributed by atoms with van der Waals surface area (Å²) in [5.74, 6) is 0. The van der Waals surface area contributed by atoms with Crippen LogP contribution in [-0.2, 0) is 0 Å². The predicted octanol–water partition coefficient (Wildman–Crippen LogP) is -0.680. The second-order valence-corrected chi connectivity index (χ2v) is 4.25. The van der Waals surface area contributed by atoms with Gasteiger partial charge in [0.1, 0.15) is 12.1 Å². The van der Waals surface area contributed by atoms with E-state index in [2.05, 4.69) is 5.18 Å². The first-order valence-electron chi connectivity index (χ1n) is 5.69. The lowest BCUT2D eigenvalue weighted by Gasteiger charge is -2.42. The highest BCUT2D eigenvalue weighted by Gasteiger charge is 2.42. The van der Waals surface area contributed by atoms with Gasteiger partial charge in [-0.05, 0) is 13.0 Å². The van der Waals surface area contributed by atoms with Gasteiger partial charge < -0.3 is 15.3 Å². The molecule has 0 radical (unpaired) electrons. The van der Waals surface area contributed by atoms with E-state index in [1.54, 1.807) is 0 Å². The van der Waals surface area contributed by atoms with Gasteiger partial charge in [-0.25, -0.2) is 0 Å². The van der Waals surface area contributed by atoms with Crippen LogP contribution in [0.1, 0.15) is 19.8 Å². The Balaban J connectivity index is 2.68. The highest BCUT2D eigenvalue weighted by molar-refractivity contribution is 4.97. The van der Waals surface area contributed by atoms with Crippen LogP contribution < -0.4 is 0 Å². The number of nitroso groups, excluding NO2 is 1. The molecule has 3 N–H and O–H groups in total. The lowest BCUT2D eigenvalue weighted by Crippen LogP contribution is -2.61. The maximum absolute atomic E-state index is 10.5. The fourth-order valence-corrected chi connectivity index (χ4v) is 2.13. The largest absolute Gasteiger partial charge is 0.395 e. The fraction of sp³-hybridized carbons (Fsp3) is 1.00. The second kappa shape index (κ2) is 6.24. The highest BCUT2D eigenvalue weighted by atomic mass is 16.3. The average Bonchev–Trinajstić information content (AvgIpc) is 2.26. The zero-order valence-electron chi connectivity index (χ0n) is 9.49. The van der Waals surface area contributed by atoms with Crippen molar-refractivity contribution >= 4 is 0 Å². The van der Waals surface area contributed by atoms with Gasteiger partial charge in [0.15, 0.2) is 0 Å². The quantitative estimate of drug-likeness (QED) is 0.546. The number of rotatable bonds is 5. The third-order valence-corrected chi connectivity index (χ3v) is 3.14. The van der Waals surface area contributed by atoms with Gasteiger partial charge in [0.25, 0.3) is 0 Å². The summed E-state index contributed by atoms with van der Waals surface area (Å²) in [7, 11) is 0. The first-order valence-corrected chi connectivity index (χ1v) is 5.69. The van der Waals surface area contributed by atoms with Crippen LogP contribution in [-0.4, -0.2) is 64.2 Å². The van der Waals surface area contributed by atoms with Gasteiger partial charge in [0.05, 0.1) is 18.8 Å². The van der Waals surface area contributed by atoms with Gasteiger partial charge in [-0.2, -0.15) is 4.91 Å². The zero-order valence-corrected chi connectivity index (χ0v) is 9.49. The normalized spacial score (nSPS) is 36.2. The molecule has 16 heavy (non-hydrogen) atoms. The van der Waals surface area contributed by atoms with Gasteiger partial charge in [0.2, 0.25) is 0 Å². The number of hydrogen-bond donors (Lipinski definition) is 3. The monoisotopic (exact) mass is 232 g/mol. The molecule has 4 atom stereocenters. The molecule has 1 aliphatic heterocycles. The molecular weight excluding hydrogens is 212 g/mol. The molecule has 0 bridgehead atoms. The van der Waals surface area contributed by atoms with E-state index >= 15 is 0 Å². The van der Waals surface area contributed by atoms with E-state index < -0.39 is 24.3 Å². The first-order chi connectivity index (χ1) is 7.65. The summed E-state index contributed by atoms with van der Waals surface area (Å²) in [6.07, 6.45) is -0.124. The van der Waals surface area contributed by atoms with E-state index in [0.29, 0.717) is 6.54 Å². The summed E-state index contributed by atoms with van der Waals surface area (Å²) in [6.45, 7) is 2.78. The van der Waals surface area contributed by atoms with E-state index in [0.717, 1.165) is 12.8 Å². The zero-order chi connectivity index (χ0) is 12.1. The standard InChI is InChI=1S/C10H20N2O4/c1-2-3-4-12-5-8(14)9(11-16)10(15)7(12)6-13/h7-10,13-15H,2-6H2,1H3. The van der Waals surface area contributed by atoms with Crippen LogP contribution in [0.15, 0.2) is 5.18 Å². The molecule has 0 amide bonds. The van der Waals surface area contributed by atoms with Crippen LogP contribution in [0.25, 0.3) is 0 Å². The Labute approximate surface area is 94.9 Å². The van der Waals surface area contributed by atoms with Crippen molar-refractivity contribution in [3.05, 3.63) is 4.91 Å². The van der Waals surface area contributed by atoms with Crippen molar-refractivity contribution in [2.45, 2.75) is 44.1 Å². The van der Waals surface area contributed by atoms with Crippen molar-refractivity contribution in [3.8, 4) is 0 Å². The molecule has 0 aromatic heterocycles. The molecule has 6 nitrogen and oxygen atoms in total.